The fourth-order valence-corrected chi connectivity index (χ4v) is 4.64. The third kappa shape index (κ3) is 2.24. The summed E-state index contributed by atoms with van der Waals surface area (Å²) in [6.07, 6.45) is 4.75. The Kier molecular flexibility index (Phi) is 3.72. The van der Waals surface area contributed by atoms with Gasteiger partial charge in [0.25, 0.3) is 0 Å². The first-order chi connectivity index (χ1) is 9.49. The van der Waals surface area contributed by atoms with Gasteiger partial charge in [-0.2, -0.15) is 0 Å². The Morgan fingerprint density at radius 2 is 2.25 bits per heavy atom. The van der Waals surface area contributed by atoms with E-state index in [9.17, 15) is 0 Å². The molecule has 2 saturated heterocycles. The normalized spacial score (nSPS) is 36.1. The van der Waals surface area contributed by atoms with Crippen LogP contribution < -0.4 is 0 Å². The highest BCUT2D eigenvalue weighted by Gasteiger charge is 2.60. The average molecular weight is 294 g/mol. The van der Waals surface area contributed by atoms with E-state index in [1.165, 1.54) is 16.9 Å². The molecule has 1 aromatic rings. The second kappa shape index (κ2) is 5.11. The molecule has 2 aliphatic rings. The van der Waals surface area contributed by atoms with Gasteiger partial charge in [-0.05, 0) is 49.1 Å². The Bertz CT molecular complexity index is 481. The SMILES string of the molecule is CCc1sccc1COC1CC2(C(C)C)CCC1(C)O2. The summed E-state index contributed by atoms with van der Waals surface area (Å²) >= 11 is 1.84. The largest absolute Gasteiger partial charge is 0.370 e. The topological polar surface area (TPSA) is 18.5 Å². The molecule has 0 amide bonds. The molecule has 3 heterocycles. The highest BCUT2D eigenvalue weighted by molar-refractivity contribution is 7.10. The van der Waals surface area contributed by atoms with Gasteiger partial charge in [0.15, 0.2) is 0 Å². The van der Waals surface area contributed by atoms with Crippen LogP contribution >= 0.6 is 11.3 Å². The summed E-state index contributed by atoms with van der Waals surface area (Å²) < 4.78 is 12.7. The molecule has 2 bridgehead atoms. The molecule has 112 valence electrons. The Morgan fingerprint density at radius 3 is 2.90 bits per heavy atom. The third-order valence-corrected chi connectivity index (χ3v) is 6.45. The van der Waals surface area contributed by atoms with Gasteiger partial charge in [-0.15, -0.1) is 11.3 Å². The Hall–Kier alpha value is -0.380. The summed E-state index contributed by atoms with van der Waals surface area (Å²) in [5.74, 6) is 0.574. The Balaban J connectivity index is 1.68. The maximum atomic E-state index is 6.43. The maximum Gasteiger partial charge on any atom is 0.0924 e. The molecule has 0 aromatic carbocycles. The van der Waals surface area contributed by atoms with Crippen molar-refractivity contribution in [3.8, 4) is 0 Å². The van der Waals surface area contributed by atoms with Crippen LogP contribution in [0.1, 0.15) is 57.4 Å². The first-order valence-corrected chi connectivity index (χ1v) is 8.74. The molecule has 0 aliphatic carbocycles. The lowest BCUT2D eigenvalue weighted by Gasteiger charge is -2.31. The first-order valence-electron chi connectivity index (χ1n) is 7.86. The Labute approximate surface area is 126 Å². The summed E-state index contributed by atoms with van der Waals surface area (Å²) in [7, 11) is 0. The molecule has 0 N–H and O–H groups in total. The monoisotopic (exact) mass is 294 g/mol. The molecule has 1 aromatic heterocycles. The molecule has 2 aliphatic heterocycles. The summed E-state index contributed by atoms with van der Waals surface area (Å²) in [6.45, 7) is 9.75. The van der Waals surface area contributed by atoms with E-state index in [1.54, 1.807) is 0 Å². The zero-order chi connectivity index (χ0) is 14.4. The van der Waals surface area contributed by atoms with Gasteiger partial charge in [-0.3, -0.25) is 0 Å². The number of hydrogen-bond donors (Lipinski definition) is 0. The molecule has 2 nitrogen and oxygen atoms in total. The van der Waals surface area contributed by atoms with E-state index in [0.717, 1.165) is 25.9 Å². The predicted octanol–water partition coefficient (Wildman–Crippen LogP) is 4.56. The average Bonchev–Trinajstić information content (AvgIpc) is 3.06. The molecule has 0 radical (unpaired) electrons. The summed E-state index contributed by atoms with van der Waals surface area (Å²) in [6, 6.07) is 2.21. The van der Waals surface area contributed by atoms with Gasteiger partial charge in [0.2, 0.25) is 0 Å². The van der Waals surface area contributed by atoms with Crippen molar-refractivity contribution in [1.82, 2.24) is 0 Å². The van der Waals surface area contributed by atoms with E-state index in [1.807, 2.05) is 11.3 Å². The zero-order valence-electron chi connectivity index (χ0n) is 13.1. The van der Waals surface area contributed by atoms with E-state index in [4.69, 9.17) is 9.47 Å². The molecular weight excluding hydrogens is 268 g/mol. The summed E-state index contributed by atoms with van der Waals surface area (Å²) in [5.41, 5.74) is 1.37. The number of thiophene rings is 1. The lowest BCUT2D eigenvalue weighted by atomic mass is 9.75. The van der Waals surface area contributed by atoms with Crippen LogP contribution in [0.3, 0.4) is 0 Å². The van der Waals surface area contributed by atoms with Crippen LogP contribution in [-0.2, 0) is 22.5 Å². The number of aryl methyl sites for hydroxylation is 1. The molecule has 3 heteroatoms. The van der Waals surface area contributed by atoms with Gasteiger partial charge in [0.1, 0.15) is 0 Å². The van der Waals surface area contributed by atoms with Gasteiger partial charge in [-0.25, -0.2) is 0 Å². The highest BCUT2D eigenvalue weighted by Crippen LogP contribution is 2.55. The number of hydrogen-bond acceptors (Lipinski definition) is 3. The van der Waals surface area contributed by atoms with Crippen molar-refractivity contribution in [1.29, 1.82) is 0 Å². The summed E-state index contributed by atoms with van der Waals surface area (Å²) in [4.78, 5) is 1.46. The van der Waals surface area contributed by atoms with Crippen LogP contribution in [0, 0.1) is 5.92 Å². The van der Waals surface area contributed by atoms with Crippen molar-refractivity contribution in [3.05, 3.63) is 21.9 Å². The van der Waals surface area contributed by atoms with Gasteiger partial charge >= 0.3 is 0 Å². The van der Waals surface area contributed by atoms with E-state index < -0.39 is 0 Å². The van der Waals surface area contributed by atoms with Crippen LogP contribution in [0.5, 0.6) is 0 Å². The minimum atomic E-state index is -0.0628. The summed E-state index contributed by atoms with van der Waals surface area (Å²) in [5, 5.41) is 2.17. The molecule has 2 fully saturated rings. The van der Waals surface area contributed by atoms with E-state index in [-0.39, 0.29) is 17.3 Å². The molecule has 3 unspecified atom stereocenters. The highest BCUT2D eigenvalue weighted by atomic mass is 32.1. The fourth-order valence-electron chi connectivity index (χ4n) is 3.80. The molecule has 0 spiro atoms. The van der Waals surface area contributed by atoms with Gasteiger partial charge in [-0.1, -0.05) is 20.8 Å². The van der Waals surface area contributed by atoms with Crippen molar-refractivity contribution >= 4 is 11.3 Å². The van der Waals surface area contributed by atoms with Crippen molar-refractivity contribution in [3.63, 3.8) is 0 Å². The van der Waals surface area contributed by atoms with Gasteiger partial charge in [0, 0.05) is 11.3 Å². The molecule has 0 saturated carbocycles. The Morgan fingerprint density at radius 1 is 1.45 bits per heavy atom. The fraction of sp³-hybridized carbons (Fsp3) is 0.765. The zero-order valence-corrected chi connectivity index (χ0v) is 13.9. The van der Waals surface area contributed by atoms with Crippen LogP contribution in [-0.4, -0.2) is 17.3 Å². The number of fused-ring (bicyclic) bond motifs is 2. The van der Waals surface area contributed by atoms with Crippen LogP contribution in [0.15, 0.2) is 11.4 Å². The first kappa shape index (κ1) is 14.6. The lowest BCUT2D eigenvalue weighted by molar-refractivity contribution is -0.0960. The number of ether oxygens (including phenoxy) is 2. The molecule has 3 rings (SSSR count). The van der Waals surface area contributed by atoms with Crippen molar-refractivity contribution < 1.29 is 9.47 Å². The molecule has 3 atom stereocenters. The van der Waals surface area contributed by atoms with Crippen LogP contribution in [0.4, 0.5) is 0 Å². The second-order valence-electron chi connectivity index (χ2n) is 6.86. The predicted molar refractivity (Wildman–Crippen MR) is 83.2 cm³/mol. The third-order valence-electron chi connectivity index (χ3n) is 5.34. The number of rotatable bonds is 5. The van der Waals surface area contributed by atoms with E-state index in [2.05, 4.69) is 39.1 Å². The smallest absolute Gasteiger partial charge is 0.0924 e. The minimum Gasteiger partial charge on any atom is -0.370 e. The van der Waals surface area contributed by atoms with Crippen molar-refractivity contribution in [2.24, 2.45) is 5.92 Å². The minimum absolute atomic E-state index is 0.0628. The van der Waals surface area contributed by atoms with Crippen molar-refractivity contribution in [2.45, 2.75) is 77.3 Å². The molecule has 20 heavy (non-hydrogen) atoms. The van der Waals surface area contributed by atoms with E-state index in [0.29, 0.717) is 5.92 Å². The van der Waals surface area contributed by atoms with Crippen molar-refractivity contribution in [2.75, 3.05) is 0 Å². The van der Waals surface area contributed by atoms with Crippen LogP contribution in [0.25, 0.3) is 0 Å². The maximum absolute atomic E-state index is 6.43. The second-order valence-corrected chi connectivity index (χ2v) is 7.86. The van der Waals surface area contributed by atoms with Gasteiger partial charge in [0.05, 0.1) is 23.9 Å². The standard InChI is InChI=1S/C17H26O2S/c1-5-14-13(6-9-20-14)11-18-15-10-17(12(2)3)8-7-16(15,4)19-17/h6,9,12,15H,5,7-8,10-11H2,1-4H3. The van der Waals surface area contributed by atoms with Gasteiger partial charge < -0.3 is 9.47 Å². The molecular formula is C17H26O2S. The quantitative estimate of drug-likeness (QED) is 0.792. The van der Waals surface area contributed by atoms with E-state index >= 15 is 0 Å². The van der Waals surface area contributed by atoms with Crippen LogP contribution in [0.2, 0.25) is 0 Å². The lowest BCUT2D eigenvalue weighted by Crippen LogP contribution is -2.38.